The molecular weight excluding hydrogens is 204 g/mol. The number of rotatable bonds is 2. The minimum Gasteiger partial charge on any atom is -0.379 e. The minimum absolute atomic E-state index is 0.0882. The van der Waals surface area contributed by atoms with Crippen molar-refractivity contribution in [1.82, 2.24) is 5.32 Å². The van der Waals surface area contributed by atoms with Crippen molar-refractivity contribution in [3.63, 3.8) is 0 Å². The van der Waals surface area contributed by atoms with Crippen molar-refractivity contribution in [3.8, 4) is 0 Å². The number of nitrogens with one attached hydrogen (secondary N) is 2. The van der Waals surface area contributed by atoms with Gasteiger partial charge in [-0.15, -0.1) is 0 Å². The highest BCUT2D eigenvalue weighted by atomic mass is 32.1. The lowest BCUT2D eigenvalue weighted by atomic mass is 10.2. The van der Waals surface area contributed by atoms with E-state index in [2.05, 4.69) is 10.6 Å². The molecule has 2 rings (SSSR count). The van der Waals surface area contributed by atoms with Gasteiger partial charge in [0.1, 0.15) is 4.99 Å². The Morgan fingerprint density at radius 1 is 1.20 bits per heavy atom. The van der Waals surface area contributed by atoms with Crippen molar-refractivity contribution in [2.24, 2.45) is 0 Å². The molecule has 1 aromatic rings. The van der Waals surface area contributed by atoms with Crippen LogP contribution in [0.25, 0.3) is 0 Å². The number of benzene rings is 1. The third kappa shape index (κ3) is 2.67. The van der Waals surface area contributed by atoms with E-state index in [0.29, 0.717) is 0 Å². The number of para-hydroxylation sites is 1. The molecule has 0 spiro atoms. The first-order valence-corrected chi connectivity index (χ1v) is 5.22. The van der Waals surface area contributed by atoms with Crippen LogP contribution in [0.3, 0.4) is 0 Å². The zero-order valence-electron chi connectivity index (χ0n) is 8.18. The maximum absolute atomic E-state index is 5.30. The van der Waals surface area contributed by atoms with Crippen molar-refractivity contribution in [1.29, 1.82) is 0 Å². The molecular formula is C12H12N2S. The molecule has 0 bridgehead atoms. The fraction of sp³-hybridized carbons (Fsp3) is 0.0833. The fourth-order valence-electron chi connectivity index (χ4n) is 1.35. The number of hydrogen-bond acceptors (Lipinski definition) is 2. The summed E-state index contributed by atoms with van der Waals surface area (Å²) in [5.74, 6) is 0. The predicted octanol–water partition coefficient (Wildman–Crippen LogP) is 2.47. The van der Waals surface area contributed by atoms with Gasteiger partial charge in [0, 0.05) is 5.69 Å². The van der Waals surface area contributed by atoms with Crippen LogP contribution in [0.15, 0.2) is 54.8 Å². The van der Waals surface area contributed by atoms with Gasteiger partial charge in [-0.2, -0.15) is 0 Å². The lowest BCUT2D eigenvalue weighted by molar-refractivity contribution is 0.872. The summed E-state index contributed by atoms with van der Waals surface area (Å²) in [4.78, 5) is 0.779. The SMILES string of the molecule is S=C(Nc1ccccc1)C1C=CC=CN1. The predicted molar refractivity (Wildman–Crippen MR) is 67.9 cm³/mol. The van der Waals surface area contributed by atoms with Gasteiger partial charge in [-0.05, 0) is 24.4 Å². The Bertz CT molecular complexity index is 395. The van der Waals surface area contributed by atoms with Crippen molar-refractivity contribution in [3.05, 3.63) is 54.8 Å². The molecule has 0 amide bonds. The fourth-order valence-corrected chi connectivity index (χ4v) is 1.61. The second-order valence-electron chi connectivity index (χ2n) is 3.24. The third-order valence-corrected chi connectivity index (χ3v) is 2.47. The van der Waals surface area contributed by atoms with E-state index < -0.39 is 0 Å². The zero-order chi connectivity index (χ0) is 10.5. The van der Waals surface area contributed by atoms with Gasteiger partial charge >= 0.3 is 0 Å². The summed E-state index contributed by atoms with van der Waals surface area (Å²) in [6.07, 6.45) is 7.85. The van der Waals surface area contributed by atoms with E-state index in [-0.39, 0.29) is 6.04 Å². The highest BCUT2D eigenvalue weighted by molar-refractivity contribution is 7.80. The van der Waals surface area contributed by atoms with Crippen LogP contribution in [0.4, 0.5) is 5.69 Å². The first-order chi connectivity index (χ1) is 7.36. The van der Waals surface area contributed by atoms with Gasteiger partial charge in [0.05, 0.1) is 6.04 Å². The second-order valence-corrected chi connectivity index (χ2v) is 3.68. The van der Waals surface area contributed by atoms with Crippen molar-refractivity contribution >= 4 is 22.9 Å². The van der Waals surface area contributed by atoms with Crippen molar-refractivity contribution in [2.75, 3.05) is 5.32 Å². The van der Waals surface area contributed by atoms with E-state index in [1.807, 2.05) is 54.8 Å². The molecule has 0 aliphatic carbocycles. The maximum atomic E-state index is 5.30. The number of hydrogen-bond donors (Lipinski definition) is 2. The first-order valence-electron chi connectivity index (χ1n) is 4.81. The molecule has 1 aliphatic heterocycles. The van der Waals surface area contributed by atoms with Crippen LogP contribution < -0.4 is 10.6 Å². The Hall–Kier alpha value is -1.61. The van der Waals surface area contributed by atoms with E-state index in [1.54, 1.807) is 0 Å². The number of thiocarbonyl (C=S) groups is 1. The van der Waals surface area contributed by atoms with E-state index in [4.69, 9.17) is 12.2 Å². The second kappa shape index (κ2) is 4.75. The maximum Gasteiger partial charge on any atom is 0.106 e. The highest BCUT2D eigenvalue weighted by Crippen LogP contribution is 2.07. The van der Waals surface area contributed by atoms with Crippen LogP contribution >= 0.6 is 12.2 Å². The van der Waals surface area contributed by atoms with Gasteiger partial charge < -0.3 is 10.6 Å². The minimum atomic E-state index is 0.0882. The summed E-state index contributed by atoms with van der Waals surface area (Å²) in [7, 11) is 0. The molecule has 1 atom stereocenters. The van der Waals surface area contributed by atoms with Gasteiger partial charge in [0.25, 0.3) is 0 Å². The van der Waals surface area contributed by atoms with E-state index in [9.17, 15) is 0 Å². The zero-order valence-corrected chi connectivity index (χ0v) is 9.00. The molecule has 0 saturated heterocycles. The first kappa shape index (κ1) is 9.93. The average Bonchev–Trinajstić information content (AvgIpc) is 2.31. The quantitative estimate of drug-likeness (QED) is 0.743. The van der Waals surface area contributed by atoms with E-state index >= 15 is 0 Å². The Labute approximate surface area is 94.7 Å². The molecule has 1 heterocycles. The van der Waals surface area contributed by atoms with Gasteiger partial charge in [0.2, 0.25) is 0 Å². The Morgan fingerprint density at radius 2 is 2.00 bits per heavy atom. The molecule has 0 aromatic heterocycles. The lowest BCUT2D eigenvalue weighted by Crippen LogP contribution is -2.35. The smallest absolute Gasteiger partial charge is 0.106 e. The summed E-state index contributed by atoms with van der Waals surface area (Å²) in [5.41, 5.74) is 1.02. The largest absolute Gasteiger partial charge is 0.379 e. The Balaban J connectivity index is 1.98. The number of allylic oxidation sites excluding steroid dienone is 2. The molecule has 2 nitrogen and oxygen atoms in total. The molecule has 15 heavy (non-hydrogen) atoms. The molecule has 1 aliphatic rings. The van der Waals surface area contributed by atoms with Crippen LogP contribution in [0.1, 0.15) is 0 Å². The summed E-state index contributed by atoms with van der Waals surface area (Å²) in [6, 6.07) is 10.0. The molecule has 3 heteroatoms. The summed E-state index contributed by atoms with van der Waals surface area (Å²) >= 11 is 5.30. The highest BCUT2D eigenvalue weighted by Gasteiger charge is 2.09. The van der Waals surface area contributed by atoms with E-state index in [1.165, 1.54) is 0 Å². The van der Waals surface area contributed by atoms with Crippen LogP contribution in [0, 0.1) is 0 Å². The number of anilines is 1. The van der Waals surface area contributed by atoms with Crippen LogP contribution in [-0.4, -0.2) is 11.0 Å². The van der Waals surface area contributed by atoms with Crippen LogP contribution in [0.2, 0.25) is 0 Å². The van der Waals surface area contributed by atoms with Crippen molar-refractivity contribution < 1.29 is 0 Å². The topological polar surface area (TPSA) is 24.1 Å². The Morgan fingerprint density at radius 3 is 2.67 bits per heavy atom. The molecule has 0 radical (unpaired) electrons. The monoisotopic (exact) mass is 216 g/mol. The summed E-state index contributed by atoms with van der Waals surface area (Å²) < 4.78 is 0. The molecule has 0 saturated carbocycles. The summed E-state index contributed by atoms with van der Waals surface area (Å²) in [6.45, 7) is 0. The molecule has 76 valence electrons. The standard InChI is InChI=1S/C12H12N2S/c15-12(11-8-4-5-9-13-11)14-10-6-2-1-3-7-10/h1-9,11,13H,(H,14,15). The molecule has 0 fully saturated rings. The summed E-state index contributed by atoms with van der Waals surface area (Å²) in [5, 5.41) is 6.36. The molecule has 2 N–H and O–H groups in total. The molecule has 1 aromatic carbocycles. The van der Waals surface area contributed by atoms with Crippen molar-refractivity contribution in [2.45, 2.75) is 6.04 Å². The molecule has 1 unspecified atom stereocenters. The van der Waals surface area contributed by atoms with Crippen LogP contribution in [-0.2, 0) is 0 Å². The lowest BCUT2D eigenvalue weighted by Gasteiger charge is -2.18. The van der Waals surface area contributed by atoms with Crippen LogP contribution in [0.5, 0.6) is 0 Å². The van der Waals surface area contributed by atoms with Gasteiger partial charge in [-0.25, -0.2) is 0 Å². The van der Waals surface area contributed by atoms with Gasteiger partial charge in [-0.3, -0.25) is 0 Å². The van der Waals surface area contributed by atoms with E-state index in [0.717, 1.165) is 10.7 Å². The number of dihydropyridines is 1. The van der Waals surface area contributed by atoms with Gasteiger partial charge in [0.15, 0.2) is 0 Å². The van der Waals surface area contributed by atoms with Gasteiger partial charge in [-0.1, -0.05) is 42.6 Å². The Kier molecular flexibility index (Phi) is 3.15. The average molecular weight is 216 g/mol. The normalized spacial score (nSPS) is 18.3. The third-order valence-electron chi connectivity index (χ3n) is 2.11.